The van der Waals surface area contributed by atoms with E-state index < -0.39 is 17.8 Å². The summed E-state index contributed by atoms with van der Waals surface area (Å²) in [5.41, 5.74) is 0.449. The minimum absolute atomic E-state index is 0.0872. The SMILES string of the molecule is COC(=O)c1sc(NC(=O)CC#N)c(C(=O)OC)c1C. The van der Waals surface area contributed by atoms with Gasteiger partial charge in [-0.3, -0.25) is 4.79 Å². The number of amides is 1. The molecule has 0 unspecified atom stereocenters. The molecule has 0 saturated heterocycles. The van der Waals surface area contributed by atoms with E-state index in [0.717, 1.165) is 11.3 Å². The van der Waals surface area contributed by atoms with Crippen LogP contribution in [-0.4, -0.2) is 32.1 Å². The van der Waals surface area contributed by atoms with Gasteiger partial charge in [-0.15, -0.1) is 11.3 Å². The third-order valence-electron chi connectivity index (χ3n) is 2.40. The van der Waals surface area contributed by atoms with Crippen LogP contribution in [0.2, 0.25) is 0 Å². The zero-order chi connectivity index (χ0) is 15.3. The number of carbonyl (C=O) groups is 3. The van der Waals surface area contributed by atoms with Crippen LogP contribution in [0.15, 0.2) is 0 Å². The number of esters is 2. The molecule has 0 bridgehead atoms. The van der Waals surface area contributed by atoms with Crippen LogP contribution in [0.1, 0.15) is 32.0 Å². The number of carbonyl (C=O) groups excluding carboxylic acids is 3. The van der Waals surface area contributed by atoms with Gasteiger partial charge in [-0.2, -0.15) is 5.26 Å². The van der Waals surface area contributed by atoms with Crippen LogP contribution in [0, 0.1) is 18.3 Å². The van der Waals surface area contributed by atoms with E-state index in [1.165, 1.54) is 14.2 Å². The standard InChI is InChI=1S/C12H12N2O5S/c1-6-8(11(16)18-2)10(14-7(15)4-5-13)20-9(6)12(17)19-3/h4H2,1-3H3,(H,14,15). The van der Waals surface area contributed by atoms with Crippen LogP contribution >= 0.6 is 11.3 Å². The highest BCUT2D eigenvalue weighted by Crippen LogP contribution is 2.34. The van der Waals surface area contributed by atoms with Crippen molar-refractivity contribution in [3.05, 3.63) is 16.0 Å². The van der Waals surface area contributed by atoms with Gasteiger partial charge >= 0.3 is 11.9 Å². The van der Waals surface area contributed by atoms with Crippen molar-refractivity contribution in [3.8, 4) is 6.07 Å². The average Bonchev–Trinajstić information content (AvgIpc) is 2.74. The van der Waals surface area contributed by atoms with Crippen LogP contribution in [0.3, 0.4) is 0 Å². The van der Waals surface area contributed by atoms with Gasteiger partial charge in [0, 0.05) is 0 Å². The predicted octanol–water partition coefficient (Wildman–Crippen LogP) is 1.48. The first-order valence-corrected chi connectivity index (χ1v) is 6.24. The van der Waals surface area contributed by atoms with E-state index in [4.69, 9.17) is 5.26 Å². The molecule has 1 rings (SSSR count). The largest absolute Gasteiger partial charge is 0.465 e. The number of hydrogen-bond donors (Lipinski definition) is 1. The summed E-state index contributed by atoms with van der Waals surface area (Å²) < 4.78 is 9.23. The number of nitrogens with zero attached hydrogens (tertiary/aromatic N) is 1. The molecule has 1 N–H and O–H groups in total. The summed E-state index contributed by atoms with van der Waals surface area (Å²) in [5.74, 6) is -1.87. The fourth-order valence-corrected chi connectivity index (χ4v) is 2.61. The summed E-state index contributed by atoms with van der Waals surface area (Å²) in [7, 11) is 2.41. The zero-order valence-corrected chi connectivity index (χ0v) is 11.9. The van der Waals surface area contributed by atoms with Crippen molar-refractivity contribution in [2.75, 3.05) is 19.5 Å². The predicted molar refractivity (Wildman–Crippen MR) is 70.6 cm³/mol. The molecule has 0 aliphatic rings. The van der Waals surface area contributed by atoms with E-state index in [0.29, 0.717) is 5.56 Å². The van der Waals surface area contributed by atoms with E-state index >= 15 is 0 Å². The molecule has 1 heterocycles. The van der Waals surface area contributed by atoms with Gasteiger partial charge in [-0.1, -0.05) is 0 Å². The summed E-state index contributed by atoms with van der Waals surface area (Å²) in [4.78, 5) is 35.0. The minimum atomic E-state index is -0.679. The van der Waals surface area contributed by atoms with E-state index in [2.05, 4.69) is 14.8 Å². The van der Waals surface area contributed by atoms with Crippen LogP contribution in [0.4, 0.5) is 5.00 Å². The highest BCUT2D eigenvalue weighted by molar-refractivity contribution is 7.18. The summed E-state index contributed by atoms with van der Waals surface area (Å²) in [5, 5.41) is 11.0. The van der Waals surface area contributed by atoms with Crippen molar-refractivity contribution < 1.29 is 23.9 Å². The zero-order valence-electron chi connectivity index (χ0n) is 11.1. The molecule has 0 atom stereocenters. The lowest BCUT2D eigenvalue weighted by atomic mass is 10.1. The maximum Gasteiger partial charge on any atom is 0.348 e. The summed E-state index contributed by atoms with van der Waals surface area (Å²) in [6.45, 7) is 1.55. The summed E-state index contributed by atoms with van der Waals surface area (Å²) in [6.07, 6.45) is -0.356. The van der Waals surface area contributed by atoms with Crippen molar-refractivity contribution in [2.24, 2.45) is 0 Å². The van der Waals surface area contributed by atoms with Gasteiger partial charge in [0.25, 0.3) is 0 Å². The van der Waals surface area contributed by atoms with Crippen molar-refractivity contribution in [1.29, 1.82) is 5.26 Å². The number of nitriles is 1. The van der Waals surface area contributed by atoms with E-state index in [1.807, 2.05) is 0 Å². The molecule has 0 spiro atoms. The topological polar surface area (TPSA) is 105 Å². The van der Waals surface area contributed by atoms with Crippen LogP contribution in [0.25, 0.3) is 0 Å². The van der Waals surface area contributed by atoms with Gasteiger partial charge in [0.15, 0.2) is 0 Å². The Hall–Kier alpha value is -2.40. The smallest absolute Gasteiger partial charge is 0.348 e. The second-order valence-corrected chi connectivity index (χ2v) is 4.65. The number of thiophene rings is 1. The maximum absolute atomic E-state index is 11.7. The number of hydrogen-bond acceptors (Lipinski definition) is 7. The molecule has 1 amide bonds. The Morgan fingerprint density at radius 3 is 2.35 bits per heavy atom. The quantitative estimate of drug-likeness (QED) is 0.844. The highest BCUT2D eigenvalue weighted by atomic mass is 32.1. The fraction of sp³-hybridized carbons (Fsp3) is 0.333. The molecule has 0 saturated carbocycles. The van der Waals surface area contributed by atoms with E-state index in [9.17, 15) is 14.4 Å². The Morgan fingerprint density at radius 1 is 1.25 bits per heavy atom. The molecule has 8 heteroatoms. The Kier molecular flexibility index (Phi) is 5.23. The molecule has 0 aromatic carbocycles. The lowest BCUT2D eigenvalue weighted by molar-refractivity contribution is -0.115. The van der Waals surface area contributed by atoms with Crippen LogP contribution < -0.4 is 5.32 Å². The van der Waals surface area contributed by atoms with Gasteiger partial charge in [-0.05, 0) is 12.5 Å². The number of rotatable bonds is 4. The van der Waals surface area contributed by atoms with E-state index in [1.54, 1.807) is 13.0 Å². The monoisotopic (exact) mass is 296 g/mol. The highest BCUT2D eigenvalue weighted by Gasteiger charge is 2.26. The molecule has 0 aliphatic heterocycles. The number of nitrogens with one attached hydrogen (secondary N) is 1. The van der Waals surface area contributed by atoms with Crippen LogP contribution in [0.5, 0.6) is 0 Å². The van der Waals surface area contributed by atoms with Crippen molar-refractivity contribution in [3.63, 3.8) is 0 Å². The first-order valence-electron chi connectivity index (χ1n) is 5.43. The molecule has 106 valence electrons. The molecule has 0 fully saturated rings. The third kappa shape index (κ3) is 3.13. The van der Waals surface area contributed by atoms with Crippen molar-refractivity contribution >= 4 is 34.2 Å². The number of ether oxygens (including phenoxy) is 2. The van der Waals surface area contributed by atoms with Gasteiger partial charge in [-0.25, -0.2) is 9.59 Å². The maximum atomic E-state index is 11.7. The molecule has 7 nitrogen and oxygen atoms in total. The lowest BCUT2D eigenvalue weighted by Crippen LogP contribution is -2.13. The first-order chi connectivity index (χ1) is 9.46. The summed E-state index contributed by atoms with van der Waals surface area (Å²) in [6, 6.07) is 1.69. The Bertz CT molecular complexity index is 600. The molecule has 20 heavy (non-hydrogen) atoms. The Labute approximate surface area is 119 Å². The van der Waals surface area contributed by atoms with Crippen LogP contribution in [-0.2, 0) is 14.3 Å². The first kappa shape index (κ1) is 15.7. The number of anilines is 1. The van der Waals surface area contributed by atoms with Crippen molar-refractivity contribution in [1.82, 2.24) is 0 Å². The molecule has 0 radical (unpaired) electrons. The number of methoxy groups -OCH3 is 2. The molecular formula is C12H12N2O5S. The molecule has 1 aromatic heterocycles. The lowest BCUT2D eigenvalue weighted by Gasteiger charge is -2.03. The second-order valence-electron chi connectivity index (χ2n) is 3.63. The second kappa shape index (κ2) is 6.68. The fourth-order valence-electron chi connectivity index (χ4n) is 1.48. The average molecular weight is 296 g/mol. The van der Waals surface area contributed by atoms with Gasteiger partial charge in [0.2, 0.25) is 5.91 Å². The van der Waals surface area contributed by atoms with Crippen molar-refractivity contribution in [2.45, 2.75) is 13.3 Å². The minimum Gasteiger partial charge on any atom is -0.465 e. The van der Waals surface area contributed by atoms with Gasteiger partial charge in [0.1, 0.15) is 16.3 Å². The van der Waals surface area contributed by atoms with Gasteiger partial charge < -0.3 is 14.8 Å². The molecule has 1 aromatic rings. The van der Waals surface area contributed by atoms with Gasteiger partial charge in [0.05, 0.1) is 25.9 Å². The normalized spacial score (nSPS) is 9.50. The van der Waals surface area contributed by atoms with E-state index in [-0.39, 0.29) is 21.9 Å². The third-order valence-corrected chi connectivity index (χ3v) is 3.59. The summed E-state index contributed by atoms with van der Waals surface area (Å²) >= 11 is 0.900. The molecule has 0 aliphatic carbocycles. The Morgan fingerprint density at radius 2 is 1.85 bits per heavy atom. The molecular weight excluding hydrogens is 284 g/mol. The Balaban J connectivity index is 3.27.